The van der Waals surface area contributed by atoms with E-state index in [4.69, 9.17) is 4.74 Å². The van der Waals surface area contributed by atoms with Crippen molar-refractivity contribution >= 4 is 5.97 Å². The van der Waals surface area contributed by atoms with Crippen molar-refractivity contribution in [2.75, 3.05) is 0 Å². The summed E-state index contributed by atoms with van der Waals surface area (Å²) in [6.45, 7) is 2.00. The van der Waals surface area contributed by atoms with Crippen LogP contribution in [0.15, 0.2) is 12.2 Å². The Morgan fingerprint density at radius 1 is 1.46 bits per heavy atom. The van der Waals surface area contributed by atoms with Gasteiger partial charge in [-0.05, 0) is 25.2 Å². The molecule has 2 nitrogen and oxygen atoms in total. The monoisotopic (exact) mass is 180 g/mol. The molecule has 0 amide bonds. The number of esters is 1. The Morgan fingerprint density at radius 2 is 2.31 bits per heavy atom. The number of allylic oxidation sites excluding steroid dienone is 1. The van der Waals surface area contributed by atoms with E-state index in [1.165, 1.54) is 6.42 Å². The lowest BCUT2D eigenvalue weighted by molar-refractivity contribution is -0.150. The van der Waals surface area contributed by atoms with E-state index in [0.717, 1.165) is 12.8 Å². The van der Waals surface area contributed by atoms with Gasteiger partial charge in [0.15, 0.2) is 0 Å². The highest BCUT2D eigenvalue weighted by Gasteiger charge is 2.37. The van der Waals surface area contributed by atoms with Crippen LogP contribution in [0.2, 0.25) is 0 Å². The van der Waals surface area contributed by atoms with Crippen molar-refractivity contribution in [2.24, 2.45) is 11.8 Å². The fourth-order valence-corrected chi connectivity index (χ4v) is 2.30. The van der Waals surface area contributed by atoms with Gasteiger partial charge < -0.3 is 4.74 Å². The van der Waals surface area contributed by atoms with Crippen molar-refractivity contribution in [1.29, 1.82) is 0 Å². The Bertz CT molecular complexity index is 232. The molecule has 3 atom stereocenters. The standard InChI is InChI=1S/C11H16O2/c1-2-3-11(12)13-10-7-8-4-5-9(10)6-8/h4-5,8-10H,2-3,6-7H2,1H3. The zero-order valence-electron chi connectivity index (χ0n) is 8.03. The van der Waals surface area contributed by atoms with Crippen LogP contribution in [-0.2, 0) is 9.53 Å². The van der Waals surface area contributed by atoms with Crippen LogP contribution in [0.4, 0.5) is 0 Å². The summed E-state index contributed by atoms with van der Waals surface area (Å²) in [7, 11) is 0. The predicted octanol–water partition coefficient (Wildman–Crippen LogP) is 2.29. The Morgan fingerprint density at radius 3 is 2.85 bits per heavy atom. The summed E-state index contributed by atoms with van der Waals surface area (Å²) >= 11 is 0. The molecular formula is C11H16O2. The molecule has 13 heavy (non-hydrogen) atoms. The predicted molar refractivity (Wildman–Crippen MR) is 50.1 cm³/mol. The number of carbonyl (C=O) groups is 1. The molecule has 0 N–H and O–H groups in total. The van der Waals surface area contributed by atoms with E-state index in [0.29, 0.717) is 18.3 Å². The fraction of sp³-hybridized carbons (Fsp3) is 0.727. The van der Waals surface area contributed by atoms with Gasteiger partial charge in [-0.1, -0.05) is 19.1 Å². The lowest BCUT2D eigenvalue weighted by atomic mass is 10.0. The molecule has 1 saturated carbocycles. The van der Waals surface area contributed by atoms with E-state index in [2.05, 4.69) is 12.2 Å². The zero-order valence-corrected chi connectivity index (χ0v) is 8.03. The first-order valence-corrected chi connectivity index (χ1v) is 5.17. The third kappa shape index (κ3) is 1.77. The van der Waals surface area contributed by atoms with Gasteiger partial charge in [-0.2, -0.15) is 0 Å². The summed E-state index contributed by atoms with van der Waals surface area (Å²) in [5, 5.41) is 0. The number of ether oxygens (including phenoxy) is 1. The summed E-state index contributed by atoms with van der Waals surface area (Å²) in [6.07, 6.45) is 8.36. The van der Waals surface area contributed by atoms with E-state index in [9.17, 15) is 4.79 Å². The number of hydrogen-bond donors (Lipinski definition) is 0. The fourth-order valence-electron chi connectivity index (χ4n) is 2.30. The summed E-state index contributed by atoms with van der Waals surface area (Å²) in [5.41, 5.74) is 0. The smallest absolute Gasteiger partial charge is 0.306 e. The Balaban J connectivity index is 1.83. The average molecular weight is 180 g/mol. The highest BCUT2D eigenvalue weighted by Crippen LogP contribution is 2.40. The minimum atomic E-state index is -0.0200. The second-order valence-electron chi connectivity index (χ2n) is 4.06. The van der Waals surface area contributed by atoms with Crippen molar-refractivity contribution in [2.45, 2.75) is 38.7 Å². The normalized spacial score (nSPS) is 35.3. The molecule has 0 aromatic heterocycles. The molecule has 0 spiro atoms. The zero-order chi connectivity index (χ0) is 9.26. The molecule has 0 aromatic carbocycles. The summed E-state index contributed by atoms with van der Waals surface area (Å²) in [4.78, 5) is 11.2. The second-order valence-corrected chi connectivity index (χ2v) is 4.06. The van der Waals surface area contributed by atoms with Crippen LogP contribution in [-0.4, -0.2) is 12.1 Å². The molecule has 72 valence electrons. The van der Waals surface area contributed by atoms with Crippen LogP contribution in [0, 0.1) is 11.8 Å². The maximum Gasteiger partial charge on any atom is 0.306 e. The second kappa shape index (κ2) is 3.52. The van der Waals surface area contributed by atoms with Crippen molar-refractivity contribution in [3.05, 3.63) is 12.2 Å². The molecule has 0 saturated heterocycles. The molecule has 1 fully saturated rings. The van der Waals surface area contributed by atoms with Crippen molar-refractivity contribution in [3.63, 3.8) is 0 Å². The largest absolute Gasteiger partial charge is 0.462 e. The number of carbonyl (C=O) groups excluding carboxylic acids is 1. The molecule has 2 aliphatic carbocycles. The molecule has 2 bridgehead atoms. The first kappa shape index (κ1) is 8.79. The topological polar surface area (TPSA) is 26.3 Å². The molecule has 0 heterocycles. The van der Waals surface area contributed by atoms with Gasteiger partial charge in [0.1, 0.15) is 6.10 Å². The van der Waals surface area contributed by atoms with E-state index >= 15 is 0 Å². The van der Waals surface area contributed by atoms with Gasteiger partial charge in [-0.15, -0.1) is 0 Å². The van der Waals surface area contributed by atoms with Crippen LogP contribution >= 0.6 is 0 Å². The van der Waals surface area contributed by atoms with Crippen molar-refractivity contribution in [1.82, 2.24) is 0 Å². The SMILES string of the molecule is CCCC(=O)OC1CC2C=CC1C2. The van der Waals surface area contributed by atoms with Crippen LogP contribution in [0.25, 0.3) is 0 Å². The number of rotatable bonds is 3. The van der Waals surface area contributed by atoms with E-state index < -0.39 is 0 Å². The third-order valence-corrected chi connectivity index (χ3v) is 2.95. The maximum atomic E-state index is 11.2. The Kier molecular flexibility index (Phi) is 2.38. The van der Waals surface area contributed by atoms with Crippen molar-refractivity contribution < 1.29 is 9.53 Å². The first-order chi connectivity index (χ1) is 6.29. The Labute approximate surface area is 79.0 Å². The lowest BCUT2D eigenvalue weighted by Gasteiger charge is -2.18. The van der Waals surface area contributed by atoms with Gasteiger partial charge in [0.05, 0.1) is 0 Å². The van der Waals surface area contributed by atoms with Gasteiger partial charge in [0.25, 0.3) is 0 Å². The highest BCUT2D eigenvalue weighted by molar-refractivity contribution is 5.69. The summed E-state index contributed by atoms with van der Waals surface area (Å²) in [6, 6.07) is 0. The van der Waals surface area contributed by atoms with Crippen LogP contribution in [0.3, 0.4) is 0 Å². The third-order valence-electron chi connectivity index (χ3n) is 2.95. The number of fused-ring (bicyclic) bond motifs is 2. The maximum absolute atomic E-state index is 11.2. The molecule has 0 aromatic rings. The first-order valence-electron chi connectivity index (χ1n) is 5.17. The van der Waals surface area contributed by atoms with E-state index in [1.54, 1.807) is 0 Å². The molecular weight excluding hydrogens is 164 g/mol. The average Bonchev–Trinajstić information content (AvgIpc) is 2.65. The van der Waals surface area contributed by atoms with Gasteiger partial charge >= 0.3 is 5.97 Å². The quantitative estimate of drug-likeness (QED) is 0.492. The highest BCUT2D eigenvalue weighted by atomic mass is 16.5. The molecule has 2 aliphatic rings. The molecule has 3 unspecified atom stereocenters. The molecule has 0 aliphatic heterocycles. The minimum absolute atomic E-state index is 0.0200. The van der Waals surface area contributed by atoms with Crippen molar-refractivity contribution in [3.8, 4) is 0 Å². The molecule has 2 rings (SSSR count). The van der Waals surface area contributed by atoms with Gasteiger partial charge in [0, 0.05) is 12.3 Å². The van der Waals surface area contributed by atoms with E-state index in [1.807, 2.05) is 6.92 Å². The van der Waals surface area contributed by atoms with Gasteiger partial charge in [-0.3, -0.25) is 4.79 Å². The molecule has 0 radical (unpaired) electrons. The van der Waals surface area contributed by atoms with E-state index in [-0.39, 0.29) is 12.1 Å². The Hall–Kier alpha value is -0.790. The molecule has 2 heteroatoms. The minimum Gasteiger partial charge on any atom is -0.462 e. The summed E-state index contributed by atoms with van der Waals surface area (Å²) < 4.78 is 5.40. The van der Waals surface area contributed by atoms with Crippen LogP contribution in [0.1, 0.15) is 32.6 Å². The van der Waals surface area contributed by atoms with Crippen LogP contribution in [0.5, 0.6) is 0 Å². The lowest BCUT2D eigenvalue weighted by Crippen LogP contribution is -2.21. The van der Waals surface area contributed by atoms with Gasteiger partial charge in [-0.25, -0.2) is 0 Å². The van der Waals surface area contributed by atoms with Gasteiger partial charge in [0.2, 0.25) is 0 Å². The van der Waals surface area contributed by atoms with Crippen LogP contribution < -0.4 is 0 Å². The number of hydrogen-bond acceptors (Lipinski definition) is 2. The summed E-state index contributed by atoms with van der Waals surface area (Å²) in [5.74, 6) is 1.18.